The van der Waals surface area contributed by atoms with Crippen LogP contribution < -0.4 is 5.32 Å². The van der Waals surface area contributed by atoms with Gasteiger partial charge in [0.1, 0.15) is 5.82 Å². The molecule has 3 rings (SSSR count). The second kappa shape index (κ2) is 6.01. The smallest absolute Gasteiger partial charge is 0.168 e. The summed E-state index contributed by atoms with van der Waals surface area (Å²) in [4.78, 5) is 16.6. The number of carbonyl (C=O) groups is 1. The van der Waals surface area contributed by atoms with E-state index in [-0.39, 0.29) is 18.0 Å². The lowest BCUT2D eigenvalue weighted by Crippen LogP contribution is -2.24. The summed E-state index contributed by atoms with van der Waals surface area (Å²) >= 11 is 0. The fourth-order valence-corrected chi connectivity index (χ4v) is 2.93. The van der Waals surface area contributed by atoms with Crippen LogP contribution in [-0.2, 0) is 4.79 Å². The molecule has 0 fully saturated rings. The van der Waals surface area contributed by atoms with Crippen molar-refractivity contribution in [1.29, 1.82) is 5.26 Å². The van der Waals surface area contributed by atoms with E-state index in [0.29, 0.717) is 34.4 Å². The van der Waals surface area contributed by atoms with Crippen LogP contribution in [0.2, 0.25) is 0 Å². The van der Waals surface area contributed by atoms with Crippen LogP contribution in [0.5, 0.6) is 0 Å². The Morgan fingerprint density at radius 3 is 2.87 bits per heavy atom. The third-order valence-electron chi connectivity index (χ3n) is 3.96. The quantitative estimate of drug-likeness (QED) is 0.913. The molecule has 0 atom stereocenters. The molecule has 0 spiro atoms. The van der Waals surface area contributed by atoms with Crippen LogP contribution in [0, 0.1) is 17.1 Å². The summed E-state index contributed by atoms with van der Waals surface area (Å²) in [6, 6.07) is 8.15. The number of hydrogen-bond acceptors (Lipinski definition) is 4. The standard InChI is InChI=1S/C18H14FN3O/c1-11-16(7-20)15(12-3-2-4-14(19)5-12)6-17(23)18(11)13-8-21-10-22-9-13/h2-5,8,10H,6,9H2,1H3,(H,21,22). The van der Waals surface area contributed by atoms with Crippen molar-refractivity contribution in [2.45, 2.75) is 13.3 Å². The topological polar surface area (TPSA) is 65.2 Å². The fraction of sp³-hybridized carbons (Fsp3) is 0.167. The average Bonchev–Trinajstić information content (AvgIpc) is 2.55. The number of rotatable bonds is 2. The van der Waals surface area contributed by atoms with Crippen molar-refractivity contribution in [3.8, 4) is 6.07 Å². The van der Waals surface area contributed by atoms with Crippen LogP contribution in [0.3, 0.4) is 0 Å². The third kappa shape index (κ3) is 2.71. The number of allylic oxidation sites excluding steroid dienone is 3. The van der Waals surface area contributed by atoms with E-state index in [1.807, 2.05) is 0 Å². The fourth-order valence-electron chi connectivity index (χ4n) is 2.93. The van der Waals surface area contributed by atoms with Crippen LogP contribution in [-0.4, -0.2) is 18.7 Å². The van der Waals surface area contributed by atoms with Gasteiger partial charge in [-0.25, -0.2) is 9.38 Å². The van der Waals surface area contributed by atoms with Crippen molar-refractivity contribution in [3.63, 3.8) is 0 Å². The van der Waals surface area contributed by atoms with Gasteiger partial charge in [-0.15, -0.1) is 0 Å². The maximum atomic E-state index is 13.5. The van der Waals surface area contributed by atoms with Crippen molar-refractivity contribution in [3.05, 3.63) is 64.1 Å². The number of aliphatic imine (C=N–C) groups is 1. The van der Waals surface area contributed by atoms with E-state index in [1.54, 1.807) is 31.6 Å². The van der Waals surface area contributed by atoms with Crippen LogP contribution >= 0.6 is 0 Å². The Labute approximate surface area is 133 Å². The van der Waals surface area contributed by atoms with Gasteiger partial charge in [-0.3, -0.25) is 4.79 Å². The summed E-state index contributed by atoms with van der Waals surface area (Å²) in [5.74, 6) is -0.466. The third-order valence-corrected chi connectivity index (χ3v) is 3.96. The number of nitriles is 1. The van der Waals surface area contributed by atoms with E-state index < -0.39 is 0 Å². The highest BCUT2D eigenvalue weighted by atomic mass is 19.1. The highest BCUT2D eigenvalue weighted by Crippen LogP contribution is 2.36. The number of nitrogens with one attached hydrogen (secondary N) is 1. The van der Waals surface area contributed by atoms with Crippen LogP contribution in [0.15, 0.2) is 57.8 Å². The molecule has 1 aliphatic heterocycles. The SMILES string of the molecule is CC1=C(C2=CN=CNC2)C(=O)CC(c2cccc(F)c2)=C1C#N. The molecule has 0 aromatic heterocycles. The van der Waals surface area contributed by atoms with E-state index in [2.05, 4.69) is 16.4 Å². The molecular weight excluding hydrogens is 293 g/mol. The molecule has 1 aromatic carbocycles. The molecule has 0 saturated heterocycles. The average molecular weight is 307 g/mol. The highest BCUT2D eigenvalue weighted by Gasteiger charge is 2.28. The molecule has 0 radical (unpaired) electrons. The minimum Gasteiger partial charge on any atom is -0.372 e. The van der Waals surface area contributed by atoms with Gasteiger partial charge in [0, 0.05) is 30.3 Å². The van der Waals surface area contributed by atoms with Gasteiger partial charge >= 0.3 is 0 Å². The van der Waals surface area contributed by atoms with Crippen LogP contribution in [0.1, 0.15) is 18.9 Å². The summed E-state index contributed by atoms with van der Waals surface area (Å²) in [5.41, 5.74) is 3.49. The number of ketones is 1. The second-order valence-electron chi connectivity index (χ2n) is 5.39. The van der Waals surface area contributed by atoms with Gasteiger partial charge in [0.25, 0.3) is 0 Å². The summed E-state index contributed by atoms with van der Waals surface area (Å²) in [7, 11) is 0. The van der Waals surface area contributed by atoms with Gasteiger partial charge in [0.2, 0.25) is 0 Å². The normalized spacial score (nSPS) is 17.8. The largest absolute Gasteiger partial charge is 0.372 e. The van der Waals surface area contributed by atoms with Gasteiger partial charge in [-0.2, -0.15) is 5.26 Å². The van der Waals surface area contributed by atoms with E-state index in [1.165, 1.54) is 12.1 Å². The second-order valence-corrected chi connectivity index (χ2v) is 5.39. The Hall–Kier alpha value is -3.00. The Morgan fingerprint density at radius 2 is 2.22 bits per heavy atom. The van der Waals surface area contributed by atoms with E-state index in [4.69, 9.17) is 0 Å². The van der Waals surface area contributed by atoms with Gasteiger partial charge in [-0.05, 0) is 35.8 Å². The highest BCUT2D eigenvalue weighted by molar-refractivity contribution is 6.10. The zero-order valence-corrected chi connectivity index (χ0v) is 12.6. The molecule has 5 heteroatoms. The first-order valence-electron chi connectivity index (χ1n) is 7.20. The van der Waals surface area contributed by atoms with Gasteiger partial charge in [-0.1, -0.05) is 12.1 Å². The molecule has 1 heterocycles. The van der Waals surface area contributed by atoms with Crippen molar-refractivity contribution >= 4 is 17.7 Å². The monoisotopic (exact) mass is 307 g/mol. The minimum absolute atomic E-state index is 0.0779. The minimum atomic E-state index is -0.388. The molecule has 0 amide bonds. The lowest BCUT2D eigenvalue weighted by Gasteiger charge is -2.23. The molecule has 0 saturated carbocycles. The van der Waals surface area contributed by atoms with Crippen molar-refractivity contribution in [1.82, 2.24) is 5.32 Å². The first-order valence-corrected chi connectivity index (χ1v) is 7.20. The van der Waals surface area contributed by atoms with Gasteiger partial charge in [0.05, 0.1) is 18.0 Å². The number of hydrogen-bond donors (Lipinski definition) is 1. The number of nitrogens with zero attached hydrogens (tertiary/aromatic N) is 2. The lowest BCUT2D eigenvalue weighted by molar-refractivity contribution is -0.114. The molecule has 1 aliphatic carbocycles. The summed E-state index contributed by atoms with van der Waals surface area (Å²) in [6.45, 7) is 2.25. The molecule has 0 bridgehead atoms. The lowest BCUT2D eigenvalue weighted by atomic mass is 9.80. The number of Topliss-reactive ketones (excluding diaryl/α,β-unsaturated/α-hetero) is 1. The van der Waals surface area contributed by atoms with Gasteiger partial charge < -0.3 is 5.32 Å². The summed E-state index contributed by atoms with van der Waals surface area (Å²) in [5, 5.41) is 12.5. The Morgan fingerprint density at radius 1 is 1.39 bits per heavy atom. The Bertz CT molecular complexity index is 853. The van der Waals surface area contributed by atoms with E-state index in [9.17, 15) is 14.4 Å². The molecule has 114 valence electrons. The predicted molar refractivity (Wildman–Crippen MR) is 85.8 cm³/mol. The van der Waals surface area contributed by atoms with Gasteiger partial charge in [0.15, 0.2) is 5.78 Å². The zero-order chi connectivity index (χ0) is 16.4. The Balaban J connectivity index is 2.17. The van der Waals surface area contributed by atoms with E-state index in [0.717, 1.165) is 5.57 Å². The number of benzene rings is 1. The predicted octanol–water partition coefficient (Wildman–Crippen LogP) is 2.91. The number of carbonyl (C=O) groups excluding carboxylic acids is 1. The molecule has 1 N–H and O–H groups in total. The van der Waals surface area contributed by atoms with Crippen LogP contribution in [0.4, 0.5) is 4.39 Å². The molecule has 1 aromatic rings. The zero-order valence-electron chi connectivity index (χ0n) is 12.6. The van der Waals surface area contributed by atoms with E-state index >= 15 is 0 Å². The maximum Gasteiger partial charge on any atom is 0.168 e. The van der Waals surface area contributed by atoms with Crippen molar-refractivity contribution in [2.75, 3.05) is 6.54 Å². The maximum absolute atomic E-state index is 13.5. The van der Waals surface area contributed by atoms with Crippen LogP contribution in [0.25, 0.3) is 5.57 Å². The summed E-state index contributed by atoms with van der Waals surface area (Å²) < 4.78 is 13.5. The van der Waals surface area contributed by atoms with Crippen molar-refractivity contribution in [2.24, 2.45) is 4.99 Å². The molecule has 0 unspecified atom stereocenters. The molecule has 4 nitrogen and oxygen atoms in total. The molecule has 23 heavy (non-hydrogen) atoms. The molecule has 2 aliphatic rings. The molecular formula is C18H14FN3O. The Kier molecular flexibility index (Phi) is 3.90. The first-order chi connectivity index (χ1) is 11.1. The number of halogens is 1. The summed E-state index contributed by atoms with van der Waals surface area (Å²) in [6.07, 6.45) is 3.28. The van der Waals surface area contributed by atoms with Crippen molar-refractivity contribution < 1.29 is 9.18 Å². The first kappa shape index (κ1) is 14.9.